The first-order valence-electron chi connectivity index (χ1n) is 8.74. The molecule has 0 heterocycles. The van der Waals surface area contributed by atoms with Crippen LogP contribution in [0.4, 0.5) is 18.9 Å². The Morgan fingerprint density at radius 3 is 2.34 bits per heavy atom. The number of amides is 1. The van der Waals surface area contributed by atoms with Gasteiger partial charge in [0.2, 0.25) is 15.9 Å². The minimum Gasteiger partial charge on any atom is -0.492 e. The van der Waals surface area contributed by atoms with Gasteiger partial charge in [-0.05, 0) is 42.8 Å². The SMILES string of the molecule is CS(=O)(=O)N(CCCC(=O)NCCOc1ccc(F)cc1)c1ccc(F)cc1F. The number of ether oxygens (including phenoxy) is 1. The summed E-state index contributed by atoms with van der Waals surface area (Å²) in [7, 11) is -3.81. The summed E-state index contributed by atoms with van der Waals surface area (Å²) < 4.78 is 69.8. The number of nitrogens with zero attached hydrogens (tertiary/aromatic N) is 1. The molecule has 0 saturated heterocycles. The maximum Gasteiger partial charge on any atom is 0.232 e. The highest BCUT2D eigenvalue weighted by Crippen LogP contribution is 2.23. The summed E-state index contributed by atoms with van der Waals surface area (Å²) in [4.78, 5) is 11.9. The van der Waals surface area contributed by atoms with Gasteiger partial charge in [0.25, 0.3) is 0 Å². The second-order valence-electron chi connectivity index (χ2n) is 6.19. The molecule has 158 valence electrons. The zero-order valence-corrected chi connectivity index (χ0v) is 16.5. The van der Waals surface area contributed by atoms with Gasteiger partial charge >= 0.3 is 0 Å². The second-order valence-corrected chi connectivity index (χ2v) is 8.09. The van der Waals surface area contributed by atoms with Gasteiger partial charge in [0, 0.05) is 19.0 Å². The van der Waals surface area contributed by atoms with E-state index < -0.39 is 21.7 Å². The molecule has 0 bridgehead atoms. The summed E-state index contributed by atoms with van der Waals surface area (Å²) in [5.41, 5.74) is -0.276. The molecule has 10 heteroatoms. The summed E-state index contributed by atoms with van der Waals surface area (Å²) in [5, 5.41) is 2.61. The Labute approximate surface area is 167 Å². The number of hydrogen-bond acceptors (Lipinski definition) is 4. The van der Waals surface area contributed by atoms with E-state index in [1.165, 1.54) is 24.3 Å². The first kappa shape index (κ1) is 22.5. The van der Waals surface area contributed by atoms with Gasteiger partial charge in [-0.2, -0.15) is 0 Å². The fourth-order valence-electron chi connectivity index (χ4n) is 2.51. The molecule has 0 aromatic heterocycles. The summed E-state index contributed by atoms with van der Waals surface area (Å²) in [6.07, 6.45) is 1.04. The van der Waals surface area contributed by atoms with E-state index in [0.717, 1.165) is 22.7 Å². The van der Waals surface area contributed by atoms with Crippen LogP contribution in [-0.2, 0) is 14.8 Å². The van der Waals surface area contributed by atoms with Crippen LogP contribution < -0.4 is 14.4 Å². The van der Waals surface area contributed by atoms with Gasteiger partial charge in [0.1, 0.15) is 29.8 Å². The number of carbonyl (C=O) groups excluding carboxylic acids is 1. The van der Waals surface area contributed by atoms with Crippen molar-refractivity contribution in [2.45, 2.75) is 12.8 Å². The Bertz CT molecular complexity index is 937. The van der Waals surface area contributed by atoms with Gasteiger partial charge in [-0.25, -0.2) is 21.6 Å². The van der Waals surface area contributed by atoms with Crippen LogP contribution in [0.15, 0.2) is 42.5 Å². The minimum absolute atomic E-state index is 0.00534. The van der Waals surface area contributed by atoms with Crippen LogP contribution in [-0.4, -0.2) is 40.3 Å². The molecular weight excluding hydrogens is 409 g/mol. The Morgan fingerprint density at radius 1 is 1.07 bits per heavy atom. The number of carbonyl (C=O) groups is 1. The van der Waals surface area contributed by atoms with Gasteiger partial charge in [0.05, 0.1) is 18.5 Å². The minimum atomic E-state index is -3.81. The molecule has 0 fully saturated rings. The topological polar surface area (TPSA) is 75.7 Å². The molecule has 0 aliphatic carbocycles. The van der Waals surface area contributed by atoms with Crippen LogP contribution in [0.1, 0.15) is 12.8 Å². The highest BCUT2D eigenvalue weighted by atomic mass is 32.2. The quantitative estimate of drug-likeness (QED) is 0.588. The predicted octanol–water partition coefficient (Wildman–Crippen LogP) is 2.85. The fourth-order valence-corrected chi connectivity index (χ4v) is 3.48. The molecule has 1 N–H and O–H groups in total. The van der Waals surface area contributed by atoms with E-state index in [2.05, 4.69) is 5.32 Å². The van der Waals surface area contributed by atoms with Gasteiger partial charge in [0.15, 0.2) is 0 Å². The van der Waals surface area contributed by atoms with Gasteiger partial charge in [-0.15, -0.1) is 0 Å². The van der Waals surface area contributed by atoms with Crippen LogP contribution >= 0.6 is 0 Å². The molecule has 0 unspecified atom stereocenters. The lowest BCUT2D eigenvalue weighted by Gasteiger charge is -2.22. The highest BCUT2D eigenvalue weighted by Gasteiger charge is 2.21. The van der Waals surface area contributed by atoms with E-state index in [-0.39, 0.29) is 49.9 Å². The fraction of sp³-hybridized carbons (Fsp3) is 0.316. The van der Waals surface area contributed by atoms with Crippen LogP contribution in [0.3, 0.4) is 0 Å². The smallest absolute Gasteiger partial charge is 0.232 e. The highest BCUT2D eigenvalue weighted by molar-refractivity contribution is 7.92. The standard InChI is InChI=1S/C19H21F3N2O4S/c1-29(26,27)24(18-9-6-15(21)13-17(18)22)11-2-3-19(25)23-10-12-28-16-7-4-14(20)5-8-16/h4-9,13H,2-3,10-12H2,1H3,(H,23,25). The van der Waals surface area contributed by atoms with E-state index in [9.17, 15) is 26.4 Å². The van der Waals surface area contributed by atoms with Crippen LogP contribution in [0.2, 0.25) is 0 Å². The lowest BCUT2D eigenvalue weighted by molar-refractivity contribution is -0.121. The second kappa shape index (κ2) is 10.1. The van der Waals surface area contributed by atoms with E-state index in [0.29, 0.717) is 11.8 Å². The van der Waals surface area contributed by atoms with Crippen molar-refractivity contribution in [3.8, 4) is 5.75 Å². The number of sulfonamides is 1. The van der Waals surface area contributed by atoms with Crippen molar-refractivity contribution in [3.63, 3.8) is 0 Å². The molecule has 0 saturated carbocycles. The van der Waals surface area contributed by atoms with Gasteiger partial charge in [-0.1, -0.05) is 0 Å². The Hall–Kier alpha value is -2.75. The third-order valence-electron chi connectivity index (χ3n) is 3.85. The molecule has 0 spiro atoms. The van der Waals surface area contributed by atoms with Gasteiger partial charge < -0.3 is 10.1 Å². The lowest BCUT2D eigenvalue weighted by atomic mass is 10.2. The van der Waals surface area contributed by atoms with Crippen molar-refractivity contribution in [2.24, 2.45) is 0 Å². The van der Waals surface area contributed by atoms with E-state index in [1.54, 1.807) is 0 Å². The molecule has 0 aliphatic heterocycles. The number of nitrogens with one attached hydrogen (secondary N) is 1. The molecule has 2 aromatic rings. The monoisotopic (exact) mass is 430 g/mol. The molecule has 2 aromatic carbocycles. The maximum atomic E-state index is 13.9. The summed E-state index contributed by atoms with van der Waals surface area (Å²) >= 11 is 0. The molecule has 0 atom stereocenters. The van der Waals surface area contributed by atoms with Crippen LogP contribution in [0.5, 0.6) is 5.75 Å². The van der Waals surface area contributed by atoms with Crippen molar-refractivity contribution in [1.29, 1.82) is 0 Å². The molecule has 29 heavy (non-hydrogen) atoms. The molecule has 1 amide bonds. The maximum absolute atomic E-state index is 13.9. The zero-order chi connectivity index (χ0) is 21.4. The largest absolute Gasteiger partial charge is 0.492 e. The Morgan fingerprint density at radius 2 is 1.72 bits per heavy atom. The number of anilines is 1. The number of benzene rings is 2. The third-order valence-corrected chi connectivity index (χ3v) is 5.03. The summed E-state index contributed by atoms with van der Waals surface area (Å²) in [6.45, 7) is 0.243. The molecule has 0 aliphatic rings. The predicted molar refractivity (Wildman–Crippen MR) is 103 cm³/mol. The normalized spacial score (nSPS) is 11.2. The van der Waals surface area contributed by atoms with E-state index in [1.807, 2.05) is 0 Å². The third kappa shape index (κ3) is 7.30. The molecule has 0 radical (unpaired) electrons. The van der Waals surface area contributed by atoms with E-state index in [4.69, 9.17) is 4.74 Å². The average molecular weight is 430 g/mol. The van der Waals surface area contributed by atoms with Crippen molar-refractivity contribution in [2.75, 3.05) is 30.3 Å². The van der Waals surface area contributed by atoms with Gasteiger partial charge in [-0.3, -0.25) is 9.10 Å². The number of halogens is 3. The summed E-state index contributed by atoms with van der Waals surface area (Å²) in [6, 6.07) is 8.04. The number of rotatable bonds is 10. The molecule has 6 nitrogen and oxygen atoms in total. The molecular formula is C19H21F3N2O4S. The van der Waals surface area contributed by atoms with Crippen molar-refractivity contribution in [3.05, 3.63) is 59.9 Å². The number of hydrogen-bond donors (Lipinski definition) is 1. The van der Waals surface area contributed by atoms with Crippen LogP contribution in [0, 0.1) is 17.5 Å². The lowest BCUT2D eigenvalue weighted by Crippen LogP contribution is -2.33. The summed E-state index contributed by atoms with van der Waals surface area (Å²) in [5.74, 6) is -2.07. The van der Waals surface area contributed by atoms with Crippen molar-refractivity contribution < 1.29 is 31.1 Å². The van der Waals surface area contributed by atoms with Crippen LogP contribution in [0.25, 0.3) is 0 Å². The van der Waals surface area contributed by atoms with Crippen molar-refractivity contribution in [1.82, 2.24) is 5.32 Å². The average Bonchev–Trinajstić information content (AvgIpc) is 2.64. The Balaban J connectivity index is 1.78. The molecule has 2 rings (SSSR count). The van der Waals surface area contributed by atoms with E-state index >= 15 is 0 Å². The Kier molecular flexibility index (Phi) is 7.89. The zero-order valence-electron chi connectivity index (χ0n) is 15.7. The first-order chi connectivity index (χ1) is 13.7. The first-order valence-corrected chi connectivity index (χ1v) is 10.6. The van der Waals surface area contributed by atoms with Crippen molar-refractivity contribution >= 4 is 21.6 Å².